The van der Waals surface area contributed by atoms with Gasteiger partial charge in [-0.25, -0.2) is 0 Å². The molecule has 0 fully saturated rings. The number of nitrogens with one attached hydrogen (secondary N) is 1. The Balaban J connectivity index is 3.94. The summed E-state index contributed by atoms with van der Waals surface area (Å²) in [6.45, 7) is 11.2. The van der Waals surface area contributed by atoms with E-state index in [1.807, 2.05) is 0 Å². The van der Waals surface area contributed by atoms with Crippen molar-refractivity contribution in [1.29, 1.82) is 0 Å². The molecule has 13 heavy (non-hydrogen) atoms. The van der Waals surface area contributed by atoms with Crippen LogP contribution in [0.2, 0.25) is 0 Å². The first-order valence-electron chi connectivity index (χ1n) is 5.60. The third-order valence-corrected chi connectivity index (χ3v) is 2.76. The first kappa shape index (κ1) is 12.9. The molecule has 0 heterocycles. The first-order chi connectivity index (χ1) is 6.17. The van der Waals surface area contributed by atoms with Gasteiger partial charge < -0.3 is 10.2 Å². The van der Waals surface area contributed by atoms with Crippen LogP contribution in [0.15, 0.2) is 0 Å². The van der Waals surface area contributed by atoms with E-state index in [0.29, 0.717) is 12.1 Å². The Labute approximate surface area is 83.7 Å². The maximum Gasteiger partial charge on any atom is 0.0217 e. The van der Waals surface area contributed by atoms with Crippen molar-refractivity contribution < 1.29 is 0 Å². The molecule has 0 rings (SSSR count). The number of likely N-dealkylation sites (N-methyl/N-ethyl adjacent to an activating group) is 2. The highest BCUT2D eigenvalue weighted by Gasteiger charge is 2.17. The molecule has 0 radical (unpaired) electrons. The van der Waals surface area contributed by atoms with Crippen LogP contribution in [0.25, 0.3) is 0 Å². The maximum absolute atomic E-state index is 3.53. The van der Waals surface area contributed by atoms with Gasteiger partial charge in [-0.3, -0.25) is 0 Å². The molecule has 0 aliphatic heterocycles. The molecule has 0 aliphatic carbocycles. The lowest BCUT2D eigenvalue weighted by Crippen LogP contribution is -2.46. The van der Waals surface area contributed by atoms with Gasteiger partial charge in [-0.2, -0.15) is 0 Å². The number of hydrogen-bond donors (Lipinski definition) is 1. The van der Waals surface area contributed by atoms with Crippen LogP contribution < -0.4 is 5.32 Å². The summed E-state index contributed by atoms with van der Waals surface area (Å²) in [5.41, 5.74) is 0. The Morgan fingerprint density at radius 1 is 1.23 bits per heavy atom. The standard InChI is InChI=1S/C11H26N2/c1-6-9-13(5)10(4)11(7-2)12-8-3/h10-12H,6-9H2,1-5H3. The Bertz CT molecular complexity index is 115. The lowest BCUT2D eigenvalue weighted by molar-refractivity contribution is 0.204. The zero-order valence-electron chi connectivity index (χ0n) is 9.93. The van der Waals surface area contributed by atoms with Crippen LogP contribution in [-0.2, 0) is 0 Å². The minimum atomic E-state index is 0.640. The van der Waals surface area contributed by atoms with Crippen molar-refractivity contribution in [2.24, 2.45) is 0 Å². The van der Waals surface area contributed by atoms with Gasteiger partial charge >= 0.3 is 0 Å². The quantitative estimate of drug-likeness (QED) is 0.655. The second kappa shape index (κ2) is 7.34. The molecular weight excluding hydrogens is 160 g/mol. The third-order valence-electron chi connectivity index (χ3n) is 2.76. The fraction of sp³-hybridized carbons (Fsp3) is 1.00. The van der Waals surface area contributed by atoms with Crippen LogP contribution in [0.3, 0.4) is 0 Å². The van der Waals surface area contributed by atoms with Gasteiger partial charge in [0.2, 0.25) is 0 Å². The van der Waals surface area contributed by atoms with E-state index in [2.05, 4.69) is 45.0 Å². The largest absolute Gasteiger partial charge is 0.313 e. The van der Waals surface area contributed by atoms with Gasteiger partial charge in [0.25, 0.3) is 0 Å². The van der Waals surface area contributed by atoms with E-state index in [9.17, 15) is 0 Å². The minimum absolute atomic E-state index is 0.640. The summed E-state index contributed by atoms with van der Waals surface area (Å²) >= 11 is 0. The zero-order valence-corrected chi connectivity index (χ0v) is 9.93. The summed E-state index contributed by atoms with van der Waals surface area (Å²) in [7, 11) is 2.22. The van der Waals surface area contributed by atoms with Gasteiger partial charge in [0.15, 0.2) is 0 Å². The topological polar surface area (TPSA) is 15.3 Å². The Hall–Kier alpha value is -0.0800. The number of nitrogens with zero attached hydrogens (tertiary/aromatic N) is 1. The van der Waals surface area contributed by atoms with Crippen LogP contribution in [0, 0.1) is 0 Å². The average Bonchev–Trinajstić information content (AvgIpc) is 2.13. The van der Waals surface area contributed by atoms with Gasteiger partial charge in [-0.05, 0) is 39.9 Å². The van der Waals surface area contributed by atoms with E-state index < -0.39 is 0 Å². The molecule has 2 heteroatoms. The molecule has 0 saturated carbocycles. The van der Waals surface area contributed by atoms with Crippen molar-refractivity contribution in [1.82, 2.24) is 10.2 Å². The van der Waals surface area contributed by atoms with Gasteiger partial charge in [-0.15, -0.1) is 0 Å². The summed E-state index contributed by atoms with van der Waals surface area (Å²) in [4.78, 5) is 2.44. The van der Waals surface area contributed by atoms with Crippen LogP contribution in [0.4, 0.5) is 0 Å². The van der Waals surface area contributed by atoms with Crippen molar-refractivity contribution in [2.75, 3.05) is 20.1 Å². The van der Waals surface area contributed by atoms with E-state index in [-0.39, 0.29) is 0 Å². The third kappa shape index (κ3) is 4.63. The SMILES string of the molecule is CCCN(C)C(C)C(CC)NCC. The lowest BCUT2D eigenvalue weighted by atomic mass is 10.1. The van der Waals surface area contributed by atoms with Crippen molar-refractivity contribution in [3.05, 3.63) is 0 Å². The van der Waals surface area contributed by atoms with E-state index in [4.69, 9.17) is 0 Å². The van der Waals surface area contributed by atoms with E-state index in [1.54, 1.807) is 0 Å². The second-order valence-electron chi connectivity index (χ2n) is 3.79. The van der Waals surface area contributed by atoms with Gasteiger partial charge in [0.1, 0.15) is 0 Å². The van der Waals surface area contributed by atoms with E-state index in [0.717, 1.165) is 6.54 Å². The highest BCUT2D eigenvalue weighted by atomic mass is 15.2. The summed E-state index contributed by atoms with van der Waals surface area (Å²) in [5, 5.41) is 3.53. The molecule has 0 saturated heterocycles. The highest BCUT2D eigenvalue weighted by molar-refractivity contribution is 4.77. The zero-order chi connectivity index (χ0) is 10.3. The summed E-state index contributed by atoms with van der Waals surface area (Å²) in [5.74, 6) is 0. The maximum atomic E-state index is 3.53. The molecule has 0 spiro atoms. The number of hydrogen-bond acceptors (Lipinski definition) is 2. The smallest absolute Gasteiger partial charge is 0.0217 e. The summed E-state index contributed by atoms with van der Waals surface area (Å²) < 4.78 is 0. The van der Waals surface area contributed by atoms with Crippen LogP contribution in [-0.4, -0.2) is 37.1 Å². The summed E-state index contributed by atoms with van der Waals surface area (Å²) in [6, 6.07) is 1.28. The molecule has 0 amide bonds. The fourth-order valence-corrected chi connectivity index (χ4v) is 1.78. The molecule has 2 atom stereocenters. The van der Waals surface area contributed by atoms with Gasteiger partial charge in [-0.1, -0.05) is 20.8 Å². The average molecular weight is 186 g/mol. The molecule has 0 aromatic heterocycles. The van der Waals surface area contributed by atoms with Gasteiger partial charge in [0, 0.05) is 12.1 Å². The van der Waals surface area contributed by atoms with E-state index >= 15 is 0 Å². The summed E-state index contributed by atoms with van der Waals surface area (Å²) in [6.07, 6.45) is 2.45. The lowest BCUT2D eigenvalue weighted by Gasteiger charge is -2.31. The predicted octanol–water partition coefficient (Wildman–Crippen LogP) is 2.10. The first-order valence-corrected chi connectivity index (χ1v) is 5.60. The number of rotatable bonds is 7. The van der Waals surface area contributed by atoms with Gasteiger partial charge in [0.05, 0.1) is 0 Å². The Kier molecular flexibility index (Phi) is 7.29. The fourth-order valence-electron chi connectivity index (χ4n) is 1.78. The molecule has 2 nitrogen and oxygen atoms in total. The molecule has 2 unspecified atom stereocenters. The minimum Gasteiger partial charge on any atom is -0.313 e. The Morgan fingerprint density at radius 3 is 2.23 bits per heavy atom. The molecule has 0 aromatic carbocycles. The molecular formula is C11H26N2. The van der Waals surface area contributed by atoms with Crippen molar-refractivity contribution in [3.63, 3.8) is 0 Å². The highest BCUT2D eigenvalue weighted by Crippen LogP contribution is 2.05. The van der Waals surface area contributed by atoms with Crippen molar-refractivity contribution in [3.8, 4) is 0 Å². The predicted molar refractivity (Wildman–Crippen MR) is 60.1 cm³/mol. The second-order valence-corrected chi connectivity index (χ2v) is 3.79. The van der Waals surface area contributed by atoms with Crippen LogP contribution >= 0.6 is 0 Å². The van der Waals surface area contributed by atoms with Crippen LogP contribution in [0.1, 0.15) is 40.5 Å². The normalized spacial score (nSPS) is 16.2. The molecule has 1 N–H and O–H groups in total. The molecule has 80 valence electrons. The van der Waals surface area contributed by atoms with Crippen molar-refractivity contribution >= 4 is 0 Å². The monoisotopic (exact) mass is 186 g/mol. The molecule has 0 aliphatic rings. The molecule has 0 bridgehead atoms. The van der Waals surface area contributed by atoms with E-state index in [1.165, 1.54) is 19.4 Å². The van der Waals surface area contributed by atoms with Crippen LogP contribution in [0.5, 0.6) is 0 Å². The van der Waals surface area contributed by atoms with Crippen molar-refractivity contribution in [2.45, 2.75) is 52.6 Å². The molecule has 0 aromatic rings. The Morgan fingerprint density at radius 2 is 1.85 bits per heavy atom.